The molecule has 134 valence electrons. The van der Waals surface area contributed by atoms with E-state index in [0.29, 0.717) is 0 Å². The summed E-state index contributed by atoms with van der Waals surface area (Å²) in [7, 11) is -3.94. The van der Waals surface area contributed by atoms with Gasteiger partial charge in [-0.15, -0.1) is 9.35 Å². The summed E-state index contributed by atoms with van der Waals surface area (Å²) in [4.78, 5) is 0. The molecule has 22 heavy (non-hydrogen) atoms. The molecule has 0 saturated heterocycles. The first-order chi connectivity index (χ1) is 9.87. The van der Waals surface area contributed by atoms with Crippen LogP contribution in [0.15, 0.2) is 0 Å². The minimum atomic E-state index is -3.94. The van der Waals surface area contributed by atoms with Crippen molar-refractivity contribution in [2.75, 3.05) is 0 Å². The van der Waals surface area contributed by atoms with Crippen molar-refractivity contribution < 1.29 is 32.0 Å². The Morgan fingerprint density at radius 1 is 0.636 bits per heavy atom. The standard InChI is InChI=1S/C12H28O7P2S/c1-9(2)14-20(13,15-10(3)4)18-19-21(22,16-11(5)6)17-12(7)8/h9-12H,1-8H3. The van der Waals surface area contributed by atoms with Gasteiger partial charge < -0.3 is 9.05 Å². The van der Waals surface area contributed by atoms with Gasteiger partial charge in [-0.05, 0) is 67.2 Å². The van der Waals surface area contributed by atoms with Crippen molar-refractivity contribution in [1.82, 2.24) is 0 Å². The highest BCUT2D eigenvalue weighted by Gasteiger charge is 2.36. The number of hydrogen-bond donors (Lipinski definition) is 0. The molecule has 7 nitrogen and oxygen atoms in total. The lowest BCUT2D eigenvalue weighted by Gasteiger charge is -2.26. The third-order valence-corrected chi connectivity index (χ3v) is 5.63. The van der Waals surface area contributed by atoms with Crippen molar-refractivity contribution >= 4 is 26.3 Å². The summed E-state index contributed by atoms with van der Waals surface area (Å²) >= 11 is 5.24. The third-order valence-electron chi connectivity index (χ3n) is 1.58. The van der Waals surface area contributed by atoms with Crippen molar-refractivity contribution in [2.45, 2.75) is 79.8 Å². The summed E-state index contributed by atoms with van der Waals surface area (Å²) in [5.74, 6) is 0. The van der Waals surface area contributed by atoms with Crippen molar-refractivity contribution in [3.8, 4) is 0 Å². The molecule has 0 aromatic carbocycles. The maximum Gasteiger partial charge on any atom is 0.503 e. The van der Waals surface area contributed by atoms with Crippen LogP contribution >= 0.6 is 14.5 Å². The summed E-state index contributed by atoms with van der Waals surface area (Å²) in [5.41, 5.74) is 0. The van der Waals surface area contributed by atoms with E-state index < -0.39 is 14.5 Å². The largest absolute Gasteiger partial charge is 0.503 e. The average molecular weight is 378 g/mol. The molecule has 0 aliphatic rings. The van der Waals surface area contributed by atoms with E-state index in [0.717, 1.165) is 0 Å². The molecular formula is C12H28O7P2S. The van der Waals surface area contributed by atoms with Crippen LogP contribution in [-0.4, -0.2) is 24.4 Å². The average Bonchev–Trinajstić information content (AvgIpc) is 2.21. The van der Waals surface area contributed by atoms with Crippen molar-refractivity contribution in [3.63, 3.8) is 0 Å². The fraction of sp³-hybridized carbons (Fsp3) is 1.00. The zero-order valence-electron chi connectivity index (χ0n) is 14.5. The lowest BCUT2D eigenvalue weighted by atomic mass is 10.5. The van der Waals surface area contributed by atoms with Crippen LogP contribution in [0.25, 0.3) is 0 Å². The van der Waals surface area contributed by atoms with E-state index in [4.69, 9.17) is 39.3 Å². The Labute approximate surface area is 138 Å². The van der Waals surface area contributed by atoms with E-state index in [-0.39, 0.29) is 24.4 Å². The van der Waals surface area contributed by atoms with Gasteiger partial charge in [0.15, 0.2) is 0 Å². The topological polar surface area (TPSA) is 72.5 Å². The molecular weight excluding hydrogens is 350 g/mol. The lowest BCUT2D eigenvalue weighted by molar-refractivity contribution is -0.156. The van der Waals surface area contributed by atoms with E-state index in [1.54, 1.807) is 55.4 Å². The monoisotopic (exact) mass is 378 g/mol. The smallest absolute Gasteiger partial charge is 0.304 e. The van der Waals surface area contributed by atoms with E-state index >= 15 is 0 Å². The van der Waals surface area contributed by atoms with Crippen LogP contribution in [0.3, 0.4) is 0 Å². The van der Waals surface area contributed by atoms with Crippen LogP contribution in [0, 0.1) is 0 Å². The highest BCUT2D eigenvalue weighted by Crippen LogP contribution is 2.60. The van der Waals surface area contributed by atoms with Crippen LogP contribution in [0.1, 0.15) is 55.4 Å². The fourth-order valence-corrected chi connectivity index (χ4v) is 5.47. The normalized spacial score (nSPS) is 13.8. The molecule has 0 heterocycles. The molecule has 0 atom stereocenters. The second-order valence-corrected chi connectivity index (χ2v) is 9.93. The Morgan fingerprint density at radius 3 is 1.23 bits per heavy atom. The van der Waals surface area contributed by atoms with E-state index in [2.05, 4.69) is 0 Å². The van der Waals surface area contributed by atoms with E-state index in [1.165, 1.54) is 0 Å². The van der Waals surface area contributed by atoms with Gasteiger partial charge in [-0.1, -0.05) is 0 Å². The van der Waals surface area contributed by atoms with Gasteiger partial charge in [-0.2, -0.15) is 0 Å². The molecule has 0 rings (SSSR count). The minimum Gasteiger partial charge on any atom is -0.304 e. The maximum absolute atomic E-state index is 12.5. The molecule has 0 aliphatic heterocycles. The quantitative estimate of drug-likeness (QED) is 0.284. The van der Waals surface area contributed by atoms with Gasteiger partial charge in [-0.25, -0.2) is 4.57 Å². The zero-order valence-corrected chi connectivity index (χ0v) is 17.1. The summed E-state index contributed by atoms with van der Waals surface area (Å²) in [6, 6.07) is 0. The molecule has 0 N–H and O–H groups in total. The summed E-state index contributed by atoms with van der Waals surface area (Å²) in [5, 5.41) is 0. The minimum absolute atomic E-state index is 0.246. The SMILES string of the molecule is CC(C)OP(=O)(OOP(=S)(OC(C)C)OC(C)C)OC(C)C. The Morgan fingerprint density at radius 2 is 0.955 bits per heavy atom. The molecule has 0 aromatic heterocycles. The first-order valence-corrected chi connectivity index (χ1v) is 11.2. The molecule has 10 heteroatoms. The zero-order chi connectivity index (χ0) is 17.6. The first-order valence-electron chi connectivity index (χ1n) is 7.19. The van der Waals surface area contributed by atoms with Crippen LogP contribution in [-0.2, 0) is 43.8 Å². The van der Waals surface area contributed by atoms with Gasteiger partial charge >= 0.3 is 14.5 Å². The highest BCUT2D eigenvalue weighted by atomic mass is 32.5. The molecule has 0 saturated carbocycles. The molecule has 0 unspecified atom stereocenters. The second-order valence-electron chi connectivity index (χ2n) is 5.66. The Kier molecular flexibility index (Phi) is 10.1. The molecule has 0 radical (unpaired) electrons. The van der Waals surface area contributed by atoms with E-state index in [9.17, 15) is 4.57 Å². The predicted molar refractivity (Wildman–Crippen MR) is 88.9 cm³/mol. The number of rotatable bonds is 11. The van der Waals surface area contributed by atoms with Crippen molar-refractivity contribution in [1.29, 1.82) is 0 Å². The van der Waals surface area contributed by atoms with Gasteiger partial charge in [0.05, 0.1) is 24.4 Å². The molecule has 0 aromatic rings. The van der Waals surface area contributed by atoms with Crippen molar-refractivity contribution in [3.05, 3.63) is 0 Å². The number of phosphoric acid groups is 1. The third kappa shape index (κ3) is 10.4. The first kappa shape index (κ1) is 22.6. The Bertz CT molecular complexity index is 346. The van der Waals surface area contributed by atoms with Gasteiger partial charge in [0, 0.05) is 0 Å². The lowest BCUT2D eigenvalue weighted by Crippen LogP contribution is -2.13. The van der Waals surface area contributed by atoms with Crippen LogP contribution in [0.2, 0.25) is 0 Å². The van der Waals surface area contributed by atoms with Gasteiger partial charge in [0.25, 0.3) is 0 Å². The molecule has 0 spiro atoms. The fourth-order valence-electron chi connectivity index (χ4n) is 1.23. The second kappa shape index (κ2) is 9.82. The van der Waals surface area contributed by atoms with Crippen LogP contribution in [0.4, 0.5) is 0 Å². The van der Waals surface area contributed by atoms with Gasteiger partial charge in [0.1, 0.15) is 0 Å². The molecule has 0 aliphatic carbocycles. The Hall–Kier alpha value is 0.640. The Balaban J connectivity index is 5.02. The molecule has 0 bridgehead atoms. The van der Waals surface area contributed by atoms with Crippen LogP contribution in [0.5, 0.6) is 0 Å². The van der Waals surface area contributed by atoms with E-state index in [1.807, 2.05) is 0 Å². The van der Waals surface area contributed by atoms with Gasteiger partial charge in [-0.3, -0.25) is 9.05 Å². The maximum atomic E-state index is 12.5. The highest BCUT2D eigenvalue weighted by molar-refractivity contribution is 8.07. The van der Waals surface area contributed by atoms with Gasteiger partial charge in [0.2, 0.25) is 0 Å². The number of hydrogen-bond acceptors (Lipinski definition) is 8. The summed E-state index contributed by atoms with van der Waals surface area (Å²) < 4.78 is 43.9. The number of phosphoric ester groups is 1. The molecule has 0 fully saturated rings. The van der Waals surface area contributed by atoms with Crippen molar-refractivity contribution in [2.24, 2.45) is 0 Å². The molecule has 0 amide bonds. The summed E-state index contributed by atoms with van der Waals surface area (Å²) in [6.45, 7) is 10.7. The summed E-state index contributed by atoms with van der Waals surface area (Å²) in [6.07, 6.45) is -1.26. The van der Waals surface area contributed by atoms with Crippen LogP contribution < -0.4 is 0 Å². The predicted octanol–water partition coefficient (Wildman–Crippen LogP) is 4.97.